The molecule has 0 aliphatic carbocycles. The SMILES string of the molecule is CC1CCN(c2cc(C(F)(F)F)ccc2CNC(=O)C2CCN(C(C)C)C2)CC1. The number of hydrogen-bond donors (Lipinski definition) is 1. The molecule has 0 radical (unpaired) electrons. The van der Waals surface area contributed by atoms with Crippen LogP contribution in [-0.2, 0) is 17.5 Å². The molecule has 1 aromatic carbocycles. The Morgan fingerprint density at radius 3 is 2.45 bits per heavy atom. The molecule has 2 fully saturated rings. The van der Waals surface area contributed by atoms with E-state index in [-0.39, 0.29) is 18.4 Å². The maximum absolute atomic E-state index is 13.3. The number of nitrogens with one attached hydrogen (secondary N) is 1. The van der Waals surface area contributed by atoms with Crippen molar-refractivity contribution in [1.29, 1.82) is 0 Å². The highest BCUT2D eigenvalue weighted by molar-refractivity contribution is 5.79. The Morgan fingerprint density at radius 1 is 1.17 bits per heavy atom. The summed E-state index contributed by atoms with van der Waals surface area (Å²) in [5.74, 6) is 0.531. The van der Waals surface area contributed by atoms with E-state index in [1.54, 1.807) is 0 Å². The highest BCUT2D eigenvalue weighted by Crippen LogP contribution is 2.35. The predicted octanol–water partition coefficient (Wildman–Crippen LogP) is 4.29. The summed E-state index contributed by atoms with van der Waals surface area (Å²) >= 11 is 0. The van der Waals surface area contributed by atoms with Crippen LogP contribution in [0.1, 0.15) is 51.2 Å². The number of halogens is 3. The Bertz CT molecular complexity index is 712. The first-order valence-electron chi connectivity index (χ1n) is 10.6. The molecule has 7 heteroatoms. The largest absolute Gasteiger partial charge is 0.416 e. The van der Waals surface area contributed by atoms with Gasteiger partial charge in [-0.2, -0.15) is 13.2 Å². The van der Waals surface area contributed by atoms with Gasteiger partial charge >= 0.3 is 6.18 Å². The van der Waals surface area contributed by atoms with Gasteiger partial charge < -0.3 is 15.1 Å². The van der Waals surface area contributed by atoms with Crippen molar-refractivity contribution in [3.8, 4) is 0 Å². The van der Waals surface area contributed by atoms with Crippen molar-refractivity contribution in [2.45, 2.75) is 58.8 Å². The van der Waals surface area contributed by atoms with E-state index in [9.17, 15) is 18.0 Å². The van der Waals surface area contributed by atoms with Gasteiger partial charge in [0.2, 0.25) is 5.91 Å². The lowest BCUT2D eigenvalue weighted by Crippen LogP contribution is -2.36. The predicted molar refractivity (Wildman–Crippen MR) is 109 cm³/mol. The lowest BCUT2D eigenvalue weighted by molar-refractivity contribution is -0.137. The Labute approximate surface area is 171 Å². The van der Waals surface area contributed by atoms with Gasteiger partial charge in [0.05, 0.1) is 11.5 Å². The minimum absolute atomic E-state index is 0.00809. The lowest BCUT2D eigenvalue weighted by atomic mass is 9.97. The third kappa shape index (κ3) is 5.44. The van der Waals surface area contributed by atoms with Gasteiger partial charge in [0.1, 0.15) is 0 Å². The van der Waals surface area contributed by atoms with Crippen molar-refractivity contribution in [3.63, 3.8) is 0 Å². The van der Waals surface area contributed by atoms with Gasteiger partial charge in [0.15, 0.2) is 0 Å². The molecule has 3 rings (SSSR count). The van der Waals surface area contributed by atoms with Gasteiger partial charge in [0, 0.05) is 37.9 Å². The molecule has 2 aliphatic rings. The number of benzene rings is 1. The van der Waals surface area contributed by atoms with Crippen LogP contribution in [-0.4, -0.2) is 43.0 Å². The fraction of sp³-hybridized carbons (Fsp3) is 0.682. The van der Waals surface area contributed by atoms with E-state index in [1.165, 1.54) is 12.1 Å². The summed E-state index contributed by atoms with van der Waals surface area (Å²) in [7, 11) is 0. The molecule has 2 heterocycles. The lowest BCUT2D eigenvalue weighted by Gasteiger charge is -2.34. The number of nitrogens with zero attached hydrogens (tertiary/aromatic N) is 2. The van der Waals surface area contributed by atoms with Gasteiger partial charge in [-0.1, -0.05) is 13.0 Å². The van der Waals surface area contributed by atoms with E-state index in [0.717, 1.165) is 57.1 Å². The van der Waals surface area contributed by atoms with Crippen molar-refractivity contribution in [3.05, 3.63) is 29.3 Å². The molecule has 1 N–H and O–H groups in total. The monoisotopic (exact) mass is 411 g/mol. The summed E-state index contributed by atoms with van der Waals surface area (Å²) < 4.78 is 39.8. The molecule has 0 spiro atoms. The zero-order valence-corrected chi connectivity index (χ0v) is 17.6. The molecular weight excluding hydrogens is 379 g/mol. The molecule has 0 bridgehead atoms. The highest BCUT2D eigenvalue weighted by atomic mass is 19.4. The summed E-state index contributed by atoms with van der Waals surface area (Å²) in [6, 6.07) is 4.29. The molecule has 2 aliphatic heterocycles. The van der Waals surface area contributed by atoms with Crippen LogP contribution in [0, 0.1) is 11.8 Å². The zero-order valence-electron chi connectivity index (χ0n) is 17.6. The number of anilines is 1. The summed E-state index contributed by atoms with van der Waals surface area (Å²) in [6.07, 6.45) is -1.61. The number of carbonyl (C=O) groups is 1. The van der Waals surface area contributed by atoms with Crippen LogP contribution in [0.2, 0.25) is 0 Å². The quantitative estimate of drug-likeness (QED) is 0.785. The topological polar surface area (TPSA) is 35.6 Å². The Kier molecular flexibility index (Phi) is 6.76. The van der Waals surface area contributed by atoms with Crippen LogP contribution in [0.5, 0.6) is 0 Å². The maximum Gasteiger partial charge on any atom is 0.416 e. The summed E-state index contributed by atoms with van der Waals surface area (Å²) in [5, 5.41) is 2.97. The minimum atomic E-state index is -4.37. The fourth-order valence-corrected chi connectivity index (χ4v) is 4.23. The number of piperidine rings is 1. The third-order valence-electron chi connectivity index (χ3n) is 6.31. The Morgan fingerprint density at radius 2 is 1.86 bits per heavy atom. The number of carbonyl (C=O) groups excluding carboxylic acids is 1. The van der Waals surface area contributed by atoms with E-state index in [4.69, 9.17) is 0 Å². The van der Waals surface area contributed by atoms with Crippen LogP contribution < -0.4 is 10.2 Å². The van der Waals surface area contributed by atoms with Gasteiger partial charge in [-0.3, -0.25) is 4.79 Å². The second-order valence-electron chi connectivity index (χ2n) is 8.80. The minimum Gasteiger partial charge on any atom is -0.371 e. The van der Waals surface area contributed by atoms with Gasteiger partial charge in [-0.25, -0.2) is 0 Å². The summed E-state index contributed by atoms with van der Waals surface area (Å²) in [5.41, 5.74) is 0.714. The van der Waals surface area contributed by atoms with Crippen molar-refractivity contribution in [1.82, 2.24) is 10.2 Å². The third-order valence-corrected chi connectivity index (χ3v) is 6.31. The van der Waals surface area contributed by atoms with Gasteiger partial charge in [-0.05, 0) is 63.3 Å². The van der Waals surface area contributed by atoms with Crippen LogP contribution in [0.25, 0.3) is 0 Å². The Hall–Kier alpha value is -1.76. The van der Waals surface area contributed by atoms with Crippen LogP contribution >= 0.6 is 0 Å². The van der Waals surface area contributed by atoms with E-state index in [0.29, 0.717) is 17.6 Å². The van der Waals surface area contributed by atoms with Gasteiger partial charge in [-0.15, -0.1) is 0 Å². The summed E-state index contributed by atoms with van der Waals surface area (Å²) in [4.78, 5) is 16.9. The first-order valence-corrected chi connectivity index (χ1v) is 10.6. The molecule has 1 amide bonds. The van der Waals surface area contributed by atoms with E-state index < -0.39 is 11.7 Å². The van der Waals surface area contributed by atoms with E-state index >= 15 is 0 Å². The molecule has 162 valence electrons. The normalized spacial score (nSPS) is 21.8. The van der Waals surface area contributed by atoms with Crippen LogP contribution in [0.15, 0.2) is 18.2 Å². The summed E-state index contributed by atoms with van der Waals surface area (Å²) in [6.45, 7) is 9.82. The first-order chi connectivity index (χ1) is 13.6. The van der Waals surface area contributed by atoms with Crippen molar-refractivity contribution in [2.75, 3.05) is 31.1 Å². The zero-order chi connectivity index (χ0) is 21.2. The highest BCUT2D eigenvalue weighted by Gasteiger charge is 2.33. The second-order valence-corrected chi connectivity index (χ2v) is 8.80. The average molecular weight is 412 g/mol. The molecule has 0 aromatic heterocycles. The molecule has 1 atom stereocenters. The number of hydrogen-bond acceptors (Lipinski definition) is 3. The number of alkyl halides is 3. The number of likely N-dealkylation sites (tertiary alicyclic amines) is 1. The molecule has 4 nitrogen and oxygen atoms in total. The van der Waals surface area contributed by atoms with Crippen molar-refractivity contribution in [2.24, 2.45) is 11.8 Å². The van der Waals surface area contributed by atoms with E-state index in [2.05, 4.69) is 31.0 Å². The van der Waals surface area contributed by atoms with E-state index in [1.807, 2.05) is 4.90 Å². The fourth-order valence-electron chi connectivity index (χ4n) is 4.23. The molecule has 0 saturated carbocycles. The molecule has 2 saturated heterocycles. The van der Waals surface area contributed by atoms with Gasteiger partial charge in [0.25, 0.3) is 0 Å². The van der Waals surface area contributed by atoms with Crippen LogP contribution in [0.4, 0.5) is 18.9 Å². The first kappa shape index (κ1) is 21.9. The molecule has 1 aromatic rings. The average Bonchev–Trinajstić information content (AvgIpc) is 3.16. The number of amides is 1. The van der Waals surface area contributed by atoms with Crippen molar-refractivity contribution < 1.29 is 18.0 Å². The van der Waals surface area contributed by atoms with Crippen LogP contribution in [0.3, 0.4) is 0 Å². The smallest absolute Gasteiger partial charge is 0.371 e. The Balaban J connectivity index is 1.71. The molecule has 29 heavy (non-hydrogen) atoms. The van der Waals surface area contributed by atoms with Crippen molar-refractivity contribution >= 4 is 11.6 Å². The second kappa shape index (κ2) is 8.94. The molecular formula is C22H32F3N3O. The number of rotatable bonds is 5. The standard InChI is InChI=1S/C22H32F3N3O/c1-15(2)28-11-8-18(14-28)21(29)26-13-17-4-5-19(22(23,24)25)12-20(17)27-9-6-16(3)7-10-27/h4-5,12,15-16,18H,6-11,13-14H2,1-3H3,(H,26,29). The molecule has 1 unspecified atom stereocenters. The maximum atomic E-state index is 13.3.